The Morgan fingerprint density at radius 2 is 1.50 bits per heavy atom. The Labute approximate surface area is 272 Å². The van der Waals surface area contributed by atoms with Crippen molar-refractivity contribution >= 4 is 66.2 Å². The van der Waals surface area contributed by atoms with Crippen molar-refractivity contribution in [2.24, 2.45) is 0 Å². The second-order valence-corrected chi connectivity index (χ2v) is 12.5. The van der Waals surface area contributed by atoms with E-state index in [2.05, 4.69) is 35.3 Å². The van der Waals surface area contributed by atoms with Gasteiger partial charge in [-0.1, -0.05) is 63.8 Å². The predicted octanol–water partition coefficient (Wildman–Crippen LogP) is 6.42. The second kappa shape index (κ2) is 12.5. The topological polar surface area (TPSA) is 176 Å². The number of carbonyl (C=O) groups is 1. The van der Waals surface area contributed by atoms with E-state index in [4.69, 9.17) is 23.1 Å². The number of fused-ring (bicyclic) bond motifs is 2. The summed E-state index contributed by atoms with van der Waals surface area (Å²) < 4.78 is 52.4. The van der Waals surface area contributed by atoms with Gasteiger partial charge in [-0.05, 0) is 61.2 Å². The van der Waals surface area contributed by atoms with Gasteiger partial charge in [0, 0.05) is 37.9 Å². The molecule has 5 aromatic rings. The summed E-state index contributed by atoms with van der Waals surface area (Å²) >= 11 is 9.47. The number of aryl methyl sites for hydroxylation is 2. The van der Waals surface area contributed by atoms with Crippen molar-refractivity contribution in [2.45, 2.75) is 51.3 Å². The summed E-state index contributed by atoms with van der Waals surface area (Å²) in [6.07, 6.45) is -6.37. The van der Waals surface area contributed by atoms with Gasteiger partial charge < -0.3 is 25.6 Å². The molecule has 0 aliphatic carbocycles. The number of hydrogen-bond acceptors (Lipinski definition) is 10. The van der Waals surface area contributed by atoms with Gasteiger partial charge in [-0.2, -0.15) is 13.2 Å². The first-order valence-electron chi connectivity index (χ1n) is 13.4. The molecule has 0 radical (unpaired) electrons. The summed E-state index contributed by atoms with van der Waals surface area (Å²) in [6, 6.07) is 11.8. The van der Waals surface area contributed by atoms with E-state index in [9.17, 15) is 32.7 Å². The lowest BCUT2D eigenvalue weighted by atomic mass is 9.72. The molecule has 0 aliphatic heterocycles. The maximum Gasteiger partial charge on any atom is 0.424 e. The molecular formula is C31H27BrClF3N4O6. The van der Waals surface area contributed by atoms with Crippen LogP contribution in [0, 0.1) is 13.8 Å². The zero-order chi connectivity index (χ0) is 34.4. The van der Waals surface area contributed by atoms with E-state index in [-0.39, 0.29) is 21.5 Å². The molecule has 0 saturated heterocycles. The SMILES string of the molecule is Cc1noc(=O)c2ccc(C(=O)C(O)(CC(C)(C)c3ccc(Br)cc3Cl)C(F)(F)F)c(N)c12.Cc1noc(=O)c2cccc(N)c12. The highest BCUT2D eigenvalue weighted by molar-refractivity contribution is 9.10. The smallest absolute Gasteiger partial charge is 0.398 e. The maximum absolute atomic E-state index is 14.2. The minimum absolute atomic E-state index is 0.0168. The number of anilines is 2. The van der Waals surface area contributed by atoms with Crippen molar-refractivity contribution in [3.8, 4) is 0 Å². The summed E-state index contributed by atoms with van der Waals surface area (Å²) in [7, 11) is 0. The van der Waals surface area contributed by atoms with Crippen molar-refractivity contribution < 1.29 is 32.1 Å². The molecule has 2 aromatic heterocycles. The van der Waals surface area contributed by atoms with Gasteiger partial charge in [0.15, 0.2) is 0 Å². The molecule has 15 heteroatoms. The standard InChI is InChI=1S/C22H19BrClF3N2O4.C9H8N2O2/c1-10-16-12(19(31)33-29-10)5-6-13(17(16)28)18(30)21(32,22(25,26)27)9-20(2,3)14-7-4-11(23)8-15(14)24;1-5-8-6(9(12)13-11-5)3-2-4-7(8)10/h4-8,32H,9,28H2,1-3H3;2-4H,10H2,1H3. The molecule has 10 nitrogen and oxygen atoms in total. The maximum atomic E-state index is 14.2. The molecule has 1 atom stereocenters. The number of benzene rings is 3. The molecule has 46 heavy (non-hydrogen) atoms. The molecule has 0 spiro atoms. The molecule has 2 heterocycles. The average molecular weight is 724 g/mol. The molecule has 0 fully saturated rings. The average Bonchev–Trinajstić information content (AvgIpc) is 2.96. The molecule has 0 saturated carbocycles. The third-order valence-electron chi connectivity index (χ3n) is 7.48. The lowest BCUT2D eigenvalue weighted by molar-refractivity contribution is -0.242. The van der Waals surface area contributed by atoms with Crippen molar-refractivity contribution in [1.82, 2.24) is 10.3 Å². The van der Waals surface area contributed by atoms with Crippen molar-refractivity contribution in [3.63, 3.8) is 0 Å². The third kappa shape index (κ3) is 6.37. The van der Waals surface area contributed by atoms with E-state index in [1.165, 1.54) is 32.9 Å². The van der Waals surface area contributed by atoms with E-state index in [1.54, 1.807) is 31.2 Å². The molecule has 0 aliphatic rings. The predicted molar refractivity (Wildman–Crippen MR) is 171 cm³/mol. The second-order valence-electron chi connectivity index (χ2n) is 11.2. The Bertz CT molecular complexity index is 2110. The van der Waals surface area contributed by atoms with E-state index in [0.29, 0.717) is 32.2 Å². The van der Waals surface area contributed by atoms with Crippen LogP contribution in [0.5, 0.6) is 0 Å². The lowest BCUT2D eigenvalue weighted by Crippen LogP contribution is -2.55. The molecule has 3 aromatic carbocycles. The molecular weight excluding hydrogens is 697 g/mol. The number of aromatic nitrogens is 2. The van der Waals surface area contributed by atoms with Gasteiger partial charge in [-0.3, -0.25) is 4.79 Å². The highest BCUT2D eigenvalue weighted by Gasteiger charge is 2.61. The lowest BCUT2D eigenvalue weighted by Gasteiger charge is -2.37. The van der Waals surface area contributed by atoms with Crippen LogP contribution in [0.1, 0.15) is 47.6 Å². The minimum atomic E-state index is -5.34. The number of ketones is 1. The van der Waals surface area contributed by atoms with Gasteiger partial charge in [-0.25, -0.2) is 9.59 Å². The zero-order valence-corrected chi connectivity index (χ0v) is 27.1. The number of nitrogens with two attached hydrogens (primary N) is 2. The summed E-state index contributed by atoms with van der Waals surface area (Å²) in [5, 5.41) is 19.2. The number of hydrogen-bond donors (Lipinski definition) is 3. The normalized spacial score (nSPS) is 13.3. The molecule has 1 unspecified atom stereocenters. The van der Waals surface area contributed by atoms with Crippen LogP contribution in [0.4, 0.5) is 24.5 Å². The van der Waals surface area contributed by atoms with E-state index in [1.807, 2.05) is 0 Å². The van der Waals surface area contributed by atoms with E-state index < -0.39 is 51.9 Å². The first-order chi connectivity index (χ1) is 21.3. The zero-order valence-electron chi connectivity index (χ0n) is 24.8. The Balaban J connectivity index is 0.000000305. The fourth-order valence-corrected chi connectivity index (χ4v) is 6.17. The van der Waals surface area contributed by atoms with Crippen LogP contribution >= 0.6 is 27.5 Å². The summed E-state index contributed by atoms with van der Waals surface area (Å²) in [5.41, 5.74) is 5.83. The number of rotatable bonds is 5. The van der Waals surface area contributed by atoms with Crippen LogP contribution in [0.2, 0.25) is 5.02 Å². The van der Waals surface area contributed by atoms with Crippen LogP contribution in [-0.2, 0) is 5.41 Å². The van der Waals surface area contributed by atoms with Crippen molar-refractivity contribution in [2.75, 3.05) is 11.5 Å². The molecule has 0 bridgehead atoms. The van der Waals surface area contributed by atoms with Crippen LogP contribution < -0.4 is 22.7 Å². The monoisotopic (exact) mass is 722 g/mol. The molecule has 5 N–H and O–H groups in total. The number of nitrogens with zero attached hydrogens (tertiary/aromatic N) is 2. The van der Waals surface area contributed by atoms with Crippen LogP contribution in [0.25, 0.3) is 21.5 Å². The number of carbonyl (C=O) groups excluding carboxylic acids is 1. The summed E-state index contributed by atoms with van der Waals surface area (Å²) in [6.45, 7) is 6.05. The van der Waals surface area contributed by atoms with E-state index in [0.717, 1.165) is 12.1 Å². The summed E-state index contributed by atoms with van der Waals surface area (Å²) in [4.78, 5) is 36.3. The highest BCUT2D eigenvalue weighted by atomic mass is 79.9. The van der Waals surface area contributed by atoms with Crippen LogP contribution in [-0.4, -0.2) is 33.0 Å². The molecule has 5 rings (SSSR count). The number of Topliss-reactive ketones (excluding diaryl/α,β-unsaturated/α-hetero) is 1. The largest absolute Gasteiger partial charge is 0.424 e. The Kier molecular flexibility index (Phi) is 9.40. The number of nitrogen functional groups attached to an aromatic ring is 2. The van der Waals surface area contributed by atoms with Gasteiger partial charge in [0.05, 0.1) is 27.8 Å². The van der Waals surface area contributed by atoms with E-state index >= 15 is 0 Å². The number of aliphatic hydroxyl groups is 1. The highest BCUT2D eigenvalue weighted by Crippen LogP contribution is 2.45. The van der Waals surface area contributed by atoms with Gasteiger partial charge in [0.1, 0.15) is 0 Å². The van der Waals surface area contributed by atoms with Gasteiger partial charge in [0.2, 0.25) is 11.4 Å². The van der Waals surface area contributed by atoms with Crippen LogP contribution in [0.15, 0.2) is 71.6 Å². The van der Waals surface area contributed by atoms with Crippen molar-refractivity contribution in [3.05, 3.63) is 101 Å². The van der Waals surface area contributed by atoms with Gasteiger partial charge in [0.25, 0.3) is 0 Å². The fourth-order valence-electron chi connectivity index (χ4n) is 5.24. The third-order valence-corrected chi connectivity index (χ3v) is 8.29. The summed E-state index contributed by atoms with van der Waals surface area (Å²) in [5.74, 6) is -1.65. The Hall–Kier alpha value is -4.27. The van der Waals surface area contributed by atoms with Gasteiger partial charge >= 0.3 is 17.4 Å². The van der Waals surface area contributed by atoms with Crippen molar-refractivity contribution in [1.29, 1.82) is 0 Å². The Morgan fingerprint density at radius 1 is 0.935 bits per heavy atom. The van der Waals surface area contributed by atoms with Crippen LogP contribution in [0.3, 0.4) is 0 Å². The minimum Gasteiger partial charge on any atom is -0.398 e. The number of alkyl halides is 3. The van der Waals surface area contributed by atoms with Gasteiger partial charge in [-0.15, -0.1) is 0 Å². The molecule has 242 valence electrons. The quantitative estimate of drug-likeness (QED) is 0.136. The molecule has 0 amide bonds. The first-order valence-corrected chi connectivity index (χ1v) is 14.6. The Morgan fingerprint density at radius 3 is 2.04 bits per heavy atom. The first kappa shape index (κ1) is 34.6. The fraction of sp³-hybridized carbons (Fsp3) is 0.258. The number of halogens is 5.